The highest BCUT2D eigenvalue weighted by Gasteiger charge is 2.15. The summed E-state index contributed by atoms with van der Waals surface area (Å²) in [5, 5.41) is 0.837. The van der Waals surface area contributed by atoms with Crippen LogP contribution in [0.2, 0.25) is 0 Å². The van der Waals surface area contributed by atoms with E-state index in [1.54, 1.807) is 29.9 Å². The van der Waals surface area contributed by atoms with Crippen LogP contribution in [0.3, 0.4) is 0 Å². The van der Waals surface area contributed by atoms with Gasteiger partial charge in [0, 0.05) is 47.9 Å². The molecule has 0 fully saturated rings. The van der Waals surface area contributed by atoms with E-state index in [0.29, 0.717) is 12.8 Å². The van der Waals surface area contributed by atoms with Gasteiger partial charge in [-0.05, 0) is 30.2 Å². The average Bonchev–Trinajstić information content (AvgIpc) is 3.10. The molecule has 0 aliphatic rings. The van der Waals surface area contributed by atoms with Gasteiger partial charge in [-0.25, -0.2) is 15.0 Å². The van der Waals surface area contributed by atoms with Crippen LogP contribution in [0.1, 0.15) is 24.8 Å². The number of nitrogens with two attached hydrogens (primary N) is 1. The van der Waals surface area contributed by atoms with E-state index in [2.05, 4.69) is 21.0 Å². The maximum absolute atomic E-state index is 12.1. The predicted octanol–water partition coefficient (Wildman–Crippen LogP) is 4.31. The van der Waals surface area contributed by atoms with E-state index >= 15 is 0 Å². The van der Waals surface area contributed by atoms with E-state index in [0.717, 1.165) is 43.9 Å². The molecule has 3 aromatic heterocycles. The molecule has 0 saturated heterocycles. The molecule has 7 heteroatoms. The molecule has 0 saturated carbocycles. The number of pyridine rings is 1. The fourth-order valence-electron chi connectivity index (χ4n) is 3.08. The molecule has 2 N–H and O–H groups in total. The third-order valence-corrected chi connectivity index (χ3v) is 5.49. The Morgan fingerprint density at radius 2 is 1.93 bits per heavy atom. The first kappa shape index (κ1) is 18.2. The van der Waals surface area contributed by atoms with E-state index in [1.807, 2.05) is 31.3 Å². The Balaban J connectivity index is 1.86. The van der Waals surface area contributed by atoms with Crippen molar-refractivity contribution < 1.29 is 4.79 Å². The highest BCUT2D eigenvalue weighted by atomic mass is 32.1. The van der Waals surface area contributed by atoms with Crippen LogP contribution in [0.25, 0.3) is 32.5 Å². The lowest BCUT2D eigenvalue weighted by atomic mass is 10.0. The van der Waals surface area contributed by atoms with Crippen LogP contribution in [0.5, 0.6) is 0 Å². The standard InChI is InChI=1S/C21H19N5OS/c1-2-4-16(27)9-19-26-18-8-14(15-11-24-21(22)25-12-15)7-17(20(18)28-19)13-5-3-6-23-10-13/h3,5-8,10-12H,2,4,9H2,1H3,(H2,22,24,25). The van der Waals surface area contributed by atoms with Crippen molar-refractivity contribution >= 4 is 33.3 Å². The number of ketones is 1. The van der Waals surface area contributed by atoms with E-state index in [9.17, 15) is 4.79 Å². The summed E-state index contributed by atoms with van der Waals surface area (Å²) in [5.74, 6) is 0.458. The fraction of sp³-hybridized carbons (Fsp3) is 0.190. The third kappa shape index (κ3) is 3.75. The summed E-state index contributed by atoms with van der Waals surface area (Å²) in [6.07, 6.45) is 8.80. The summed E-state index contributed by atoms with van der Waals surface area (Å²) in [6, 6.07) is 8.03. The first-order valence-electron chi connectivity index (χ1n) is 9.07. The van der Waals surface area contributed by atoms with Gasteiger partial charge in [-0.2, -0.15) is 0 Å². The second kappa shape index (κ2) is 7.82. The lowest BCUT2D eigenvalue weighted by molar-refractivity contribution is -0.118. The quantitative estimate of drug-likeness (QED) is 0.528. The highest BCUT2D eigenvalue weighted by molar-refractivity contribution is 7.19. The van der Waals surface area contributed by atoms with Crippen LogP contribution in [0, 0.1) is 0 Å². The molecule has 4 rings (SSSR count). The van der Waals surface area contributed by atoms with Gasteiger partial charge in [0.15, 0.2) is 0 Å². The summed E-state index contributed by atoms with van der Waals surface area (Å²) in [5.41, 5.74) is 10.3. The van der Waals surface area contributed by atoms with Crippen LogP contribution < -0.4 is 5.73 Å². The zero-order valence-corrected chi connectivity index (χ0v) is 16.2. The van der Waals surface area contributed by atoms with Crippen molar-refractivity contribution in [3.63, 3.8) is 0 Å². The van der Waals surface area contributed by atoms with Gasteiger partial charge in [0.2, 0.25) is 5.95 Å². The monoisotopic (exact) mass is 389 g/mol. The number of anilines is 1. The normalized spacial score (nSPS) is 11.0. The molecule has 0 aliphatic heterocycles. The highest BCUT2D eigenvalue weighted by Crippen LogP contribution is 2.37. The Morgan fingerprint density at radius 1 is 1.11 bits per heavy atom. The second-order valence-corrected chi connectivity index (χ2v) is 7.60. The maximum atomic E-state index is 12.1. The van der Waals surface area contributed by atoms with E-state index < -0.39 is 0 Å². The first-order chi connectivity index (χ1) is 13.6. The number of nitrogens with zero attached hydrogens (tertiary/aromatic N) is 4. The van der Waals surface area contributed by atoms with Crippen LogP contribution in [-0.2, 0) is 11.2 Å². The summed E-state index contributed by atoms with van der Waals surface area (Å²) < 4.78 is 1.05. The molecule has 1 aromatic carbocycles. The minimum absolute atomic E-state index is 0.219. The van der Waals surface area contributed by atoms with Crippen molar-refractivity contribution in [1.29, 1.82) is 0 Å². The molecule has 3 heterocycles. The molecule has 0 atom stereocenters. The first-order valence-corrected chi connectivity index (χ1v) is 9.89. The Bertz CT molecular complexity index is 1120. The summed E-state index contributed by atoms with van der Waals surface area (Å²) in [7, 11) is 0. The Labute approximate surface area is 166 Å². The molecule has 4 aromatic rings. The second-order valence-electron chi connectivity index (χ2n) is 6.52. The van der Waals surface area contributed by atoms with Crippen molar-refractivity contribution in [1.82, 2.24) is 19.9 Å². The maximum Gasteiger partial charge on any atom is 0.219 e. The molecule has 0 aliphatic carbocycles. The number of fused-ring (bicyclic) bond motifs is 1. The number of Topliss-reactive ketones (excluding diaryl/α,β-unsaturated/α-hetero) is 1. The smallest absolute Gasteiger partial charge is 0.219 e. The number of hydrogen-bond donors (Lipinski definition) is 1. The predicted molar refractivity (Wildman–Crippen MR) is 112 cm³/mol. The summed E-state index contributed by atoms with van der Waals surface area (Å²) in [6.45, 7) is 2.01. The van der Waals surface area contributed by atoms with Gasteiger partial charge >= 0.3 is 0 Å². The SMILES string of the molecule is CCCC(=O)Cc1nc2cc(-c3cnc(N)nc3)cc(-c3cccnc3)c2s1. The summed E-state index contributed by atoms with van der Waals surface area (Å²) >= 11 is 1.57. The lowest BCUT2D eigenvalue weighted by Gasteiger charge is -2.07. The number of aromatic nitrogens is 4. The summed E-state index contributed by atoms with van der Waals surface area (Å²) in [4.78, 5) is 29.3. The van der Waals surface area contributed by atoms with E-state index in [4.69, 9.17) is 10.7 Å². The third-order valence-electron chi connectivity index (χ3n) is 4.39. The fourth-order valence-corrected chi connectivity index (χ4v) is 4.19. The van der Waals surface area contributed by atoms with Crippen molar-refractivity contribution in [2.45, 2.75) is 26.2 Å². The van der Waals surface area contributed by atoms with Crippen LogP contribution in [-0.4, -0.2) is 25.7 Å². The number of benzene rings is 1. The van der Waals surface area contributed by atoms with Crippen molar-refractivity contribution in [3.8, 4) is 22.3 Å². The van der Waals surface area contributed by atoms with Gasteiger partial charge in [-0.1, -0.05) is 13.0 Å². The van der Waals surface area contributed by atoms with Gasteiger partial charge < -0.3 is 5.73 Å². The van der Waals surface area contributed by atoms with Crippen LogP contribution in [0.15, 0.2) is 49.1 Å². The van der Waals surface area contributed by atoms with Gasteiger partial charge in [0.25, 0.3) is 0 Å². The largest absolute Gasteiger partial charge is 0.368 e. The topological polar surface area (TPSA) is 94.7 Å². The van der Waals surface area contributed by atoms with E-state index in [1.165, 1.54) is 0 Å². The lowest BCUT2D eigenvalue weighted by Crippen LogP contribution is -2.00. The van der Waals surface area contributed by atoms with Gasteiger partial charge in [0.05, 0.1) is 16.6 Å². The molecule has 0 spiro atoms. The van der Waals surface area contributed by atoms with Gasteiger partial charge in [-0.15, -0.1) is 11.3 Å². The minimum atomic E-state index is 0.219. The molecule has 28 heavy (non-hydrogen) atoms. The molecule has 0 bridgehead atoms. The minimum Gasteiger partial charge on any atom is -0.368 e. The molecular weight excluding hydrogens is 370 g/mol. The van der Waals surface area contributed by atoms with E-state index in [-0.39, 0.29) is 11.7 Å². The van der Waals surface area contributed by atoms with Gasteiger partial charge in [0.1, 0.15) is 10.8 Å². The van der Waals surface area contributed by atoms with Crippen molar-refractivity contribution in [3.05, 3.63) is 54.1 Å². The van der Waals surface area contributed by atoms with Gasteiger partial charge in [-0.3, -0.25) is 9.78 Å². The number of thiazole rings is 1. The Hall–Kier alpha value is -3.19. The van der Waals surface area contributed by atoms with Crippen LogP contribution >= 0.6 is 11.3 Å². The van der Waals surface area contributed by atoms with Crippen molar-refractivity contribution in [2.24, 2.45) is 0 Å². The molecular formula is C21H19N5OS. The Morgan fingerprint density at radius 3 is 2.64 bits per heavy atom. The zero-order chi connectivity index (χ0) is 19.5. The number of hydrogen-bond acceptors (Lipinski definition) is 7. The molecule has 6 nitrogen and oxygen atoms in total. The molecule has 0 unspecified atom stereocenters. The molecule has 140 valence electrons. The average molecular weight is 389 g/mol. The number of rotatable bonds is 6. The molecule has 0 amide bonds. The van der Waals surface area contributed by atoms with Crippen LogP contribution in [0.4, 0.5) is 5.95 Å². The van der Waals surface area contributed by atoms with Crippen molar-refractivity contribution in [2.75, 3.05) is 5.73 Å². The Kier molecular flexibility index (Phi) is 5.08. The molecule has 0 radical (unpaired) electrons. The zero-order valence-electron chi connectivity index (χ0n) is 15.4. The number of carbonyl (C=O) groups excluding carboxylic acids is 1. The number of carbonyl (C=O) groups is 1. The number of nitrogen functional groups attached to an aromatic ring is 1.